The van der Waals surface area contributed by atoms with Crippen molar-refractivity contribution in [2.24, 2.45) is 0 Å². The summed E-state index contributed by atoms with van der Waals surface area (Å²) in [6.45, 7) is 2.67. The molecule has 3 heteroatoms. The van der Waals surface area contributed by atoms with E-state index in [1.54, 1.807) is 0 Å². The molecule has 0 saturated carbocycles. The van der Waals surface area contributed by atoms with Crippen LogP contribution in [0.5, 0.6) is 5.75 Å². The number of carbonyl (C=O) groups is 1. The highest BCUT2D eigenvalue weighted by atomic mass is 16.5. The number of hydrogen-bond acceptors (Lipinski definition) is 3. The first-order valence-corrected chi connectivity index (χ1v) is 11.4. The van der Waals surface area contributed by atoms with Gasteiger partial charge in [-0.2, -0.15) is 0 Å². The molecular formula is C29H29NO2. The summed E-state index contributed by atoms with van der Waals surface area (Å²) < 4.78 is 6.07. The minimum Gasteiger partial charge on any atom is -0.489 e. The highest BCUT2D eigenvalue weighted by Crippen LogP contribution is 2.33. The standard InChI is InChI=1S/C29H29NO2/c1-2-3-5-14-25(31)18-24-20-30-28-17-9-8-16-27(28)29(24)23-13-10-15-26(19-23)32-21-22-11-6-4-7-12-22/h4,6-13,15-17,19-20H,2-3,5,14,18,21H2,1H3. The number of ketones is 1. The Labute approximate surface area is 190 Å². The molecule has 162 valence electrons. The molecule has 0 saturated heterocycles. The second-order valence-electron chi connectivity index (χ2n) is 8.15. The van der Waals surface area contributed by atoms with Crippen molar-refractivity contribution in [3.8, 4) is 16.9 Å². The lowest BCUT2D eigenvalue weighted by molar-refractivity contribution is -0.118. The van der Waals surface area contributed by atoms with E-state index < -0.39 is 0 Å². The molecule has 0 fully saturated rings. The Morgan fingerprint density at radius 2 is 1.72 bits per heavy atom. The van der Waals surface area contributed by atoms with Crippen molar-refractivity contribution in [3.05, 3.63) is 96.2 Å². The summed E-state index contributed by atoms with van der Waals surface area (Å²) in [4.78, 5) is 17.3. The van der Waals surface area contributed by atoms with Crippen molar-refractivity contribution in [1.82, 2.24) is 4.98 Å². The second-order valence-corrected chi connectivity index (χ2v) is 8.15. The lowest BCUT2D eigenvalue weighted by Crippen LogP contribution is -2.05. The van der Waals surface area contributed by atoms with E-state index in [0.29, 0.717) is 19.4 Å². The van der Waals surface area contributed by atoms with Gasteiger partial charge < -0.3 is 4.74 Å². The number of hydrogen-bond donors (Lipinski definition) is 0. The molecule has 1 heterocycles. The first-order valence-electron chi connectivity index (χ1n) is 11.4. The van der Waals surface area contributed by atoms with Gasteiger partial charge in [-0.25, -0.2) is 0 Å². The van der Waals surface area contributed by atoms with Crippen molar-refractivity contribution in [3.63, 3.8) is 0 Å². The van der Waals surface area contributed by atoms with Gasteiger partial charge in [0, 0.05) is 24.4 Å². The van der Waals surface area contributed by atoms with E-state index in [1.165, 1.54) is 0 Å². The lowest BCUT2D eigenvalue weighted by atomic mass is 9.93. The van der Waals surface area contributed by atoms with Crippen LogP contribution < -0.4 is 4.74 Å². The maximum atomic E-state index is 12.7. The molecule has 0 spiro atoms. The average Bonchev–Trinajstić information content (AvgIpc) is 2.83. The Bertz CT molecular complexity index is 1180. The van der Waals surface area contributed by atoms with Crippen LogP contribution in [0.25, 0.3) is 22.0 Å². The van der Waals surface area contributed by atoms with Gasteiger partial charge in [0.2, 0.25) is 0 Å². The molecule has 32 heavy (non-hydrogen) atoms. The fourth-order valence-electron chi connectivity index (χ4n) is 4.01. The van der Waals surface area contributed by atoms with Gasteiger partial charge in [0.15, 0.2) is 0 Å². The first-order chi connectivity index (χ1) is 15.7. The topological polar surface area (TPSA) is 39.2 Å². The zero-order valence-electron chi connectivity index (χ0n) is 18.6. The van der Waals surface area contributed by atoms with Crippen LogP contribution in [0.3, 0.4) is 0 Å². The maximum Gasteiger partial charge on any atom is 0.137 e. The fraction of sp³-hybridized carbons (Fsp3) is 0.241. The van der Waals surface area contributed by atoms with Crippen LogP contribution in [-0.4, -0.2) is 10.8 Å². The number of fused-ring (bicyclic) bond motifs is 1. The number of rotatable bonds is 10. The molecule has 0 aliphatic heterocycles. The molecule has 0 aliphatic rings. The molecule has 0 bridgehead atoms. The zero-order valence-corrected chi connectivity index (χ0v) is 18.6. The van der Waals surface area contributed by atoms with Crippen molar-refractivity contribution in [1.29, 1.82) is 0 Å². The minimum absolute atomic E-state index is 0.272. The number of Topliss-reactive ketones (excluding diaryl/α,β-unsaturated/α-hetero) is 1. The largest absolute Gasteiger partial charge is 0.489 e. The maximum absolute atomic E-state index is 12.7. The predicted octanol–water partition coefficient (Wildman–Crippen LogP) is 7.17. The van der Waals surface area contributed by atoms with E-state index in [4.69, 9.17) is 4.74 Å². The molecule has 0 radical (unpaired) electrons. The third-order valence-electron chi connectivity index (χ3n) is 5.67. The van der Waals surface area contributed by atoms with Gasteiger partial charge in [-0.05, 0) is 46.9 Å². The second kappa shape index (κ2) is 10.7. The van der Waals surface area contributed by atoms with Crippen LogP contribution >= 0.6 is 0 Å². The molecule has 0 unspecified atom stereocenters. The fourth-order valence-corrected chi connectivity index (χ4v) is 4.01. The summed E-state index contributed by atoms with van der Waals surface area (Å²) in [5.41, 5.74) is 5.16. The normalized spacial score (nSPS) is 10.9. The van der Waals surface area contributed by atoms with Gasteiger partial charge in [-0.3, -0.25) is 9.78 Å². The van der Waals surface area contributed by atoms with Gasteiger partial charge in [-0.1, -0.05) is 80.4 Å². The third kappa shape index (κ3) is 5.42. The molecule has 0 amide bonds. The van der Waals surface area contributed by atoms with Gasteiger partial charge in [-0.15, -0.1) is 0 Å². The van der Waals surface area contributed by atoms with Gasteiger partial charge in [0.25, 0.3) is 0 Å². The number of benzene rings is 3. The van der Waals surface area contributed by atoms with Crippen molar-refractivity contribution >= 4 is 16.7 Å². The molecule has 0 aliphatic carbocycles. The van der Waals surface area contributed by atoms with Crippen molar-refractivity contribution < 1.29 is 9.53 Å². The molecule has 1 aromatic heterocycles. The molecule has 3 aromatic carbocycles. The van der Waals surface area contributed by atoms with Crippen LogP contribution in [-0.2, 0) is 17.8 Å². The Hall–Kier alpha value is -3.46. The van der Waals surface area contributed by atoms with Crippen LogP contribution in [0.1, 0.15) is 43.7 Å². The van der Waals surface area contributed by atoms with Crippen LogP contribution in [0, 0.1) is 0 Å². The molecule has 0 N–H and O–H groups in total. The highest BCUT2D eigenvalue weighted by molar-refractivity contribution is 5.98. The molecule has 3 nitrogen and oxygen atoms in total. The Morgan fingerprint density at radius 1 is 0.906 bits per heavy atom. The SMILES string of the molecule is CCCCCC(=O)Cc1cnc2ccccc2c1-c1cccc(OCc2ccccc2)c1. The number of pyridine rings is 1. The van der Waals surface area contributed by atoms with Crippen LogP contribution in [0.4, 0.5) is 0 Å². The lowest BCUT2D eigenvalue weighted by Gasteiger charge is -2.14. The van der Waals surface area contributed by atoms with Crippen molar-refractivity contribution in [2.45, 2.75) is 45.6 Å². The quantitative estimate of drug-likeness (QED) is 0.254. The van der Waals surface area contributed by atoms with Gasteiger partial charge >= 0.3 is 0 Å². The number of ether oxygens (including phenoxy) is 1. The Kier molecular flexibility index (Phi) is 7.29. The zero-order chi connectivity index (χ0) is 22.2. The summed E-state index contributed by atoms with van der Waals surface area (Å²) in [6.07, 6.45) is 6.06. The molecule has 0 atom stereocenters. The van der Waals surface area contributed by atoms with E-state index in [0.717, 1.165) is 58.2 Å². The van der Waals surface area contributed by atoms with E-state index in [9.17, 15) is 4.79 Å². The Morgan fingerprint density at radius 3 is 2.56 bits per heavy atom. The monoisotopic (exact) mass is 423 g/mol. The number of aromatic nitrogens is 1. The van der Waals surface area contributed by atoms with Crippen molar-refractivity contribution in [2.75, 3.05) is 0 Å². The van der Waals surface area contributed by atoms with Gasteiger partial charge in [0.05, 0.1) is 5.52 Å². The van der Waals surface area contributed by atoms with Crippen LogP contribution in [0.15, 0.2) is 85.1 Å². The minimum atomic E-state index is 0.272. The molecule has 4 aromatic rings. The number of para-hydroxylation sites is 1. The summed E-state index contributed by atoms with van der Waals surface area (Å²) in [5, 5.41) is 1.06. The summed E-state index contributed by atoms with van der Waals surface area (Å²) in [5.74, 6) is 1.08. The average molecular weight is 424 g/mol. The van der Waals surface area contributed by atoms with E-state index in [2.05, 4.69) is 42.2 Å². The summed E-state index contributed by atoms with van der Waals surface area (Å²) >= 11 is 0. The Balaban J connectivity index is 1.65. The predicted molar refractivity (Wildman–Crippen MR) is 131 cm³/mol. The third-order valence-corrected chi connectivity index (χ3v) is 5.67. The summed E-state index contributed by atoms with van der Waals surface area (Å²) in [6, 6.07) is 26.4. The molecule has 4 rings (SSSR count). The number of unbranched alkanes of at least 4 members (excludes halogenated alkanes) is 2. The summed E-state index contributed by atoms with van der Waals surface area (Å²) in [7, 11) is 0. The van der Waals surface area contributed by atoms with E-state index in [1.807, 2.05) is 54.7 Å². The molecular weight excluding hydrogens is 394 g/mol. The smallest absolute Gasteiger partial charge is 0.137 e. The highest BCUT2D eigenvalue weighted by Gasteiger charge is 2.15. The number of carbonyl (C=O) groups excluding carboxylic acids is 1. The van der Waals surface area contributed by atoms with E-state index in [-0.39, 0.29) is 5.78 Å². The first kappa shape index (κ1) is 21.8. The van der Waals surface area contributed by atoms with Crippen LogP contribution in [0.2, 0.25) is 0 Å². The van der Waals surface area contributed by atoms with Gasteiger partial charge in [0.1, 0.15) is 18.1 Å². The van der Waals surface area contributed by atoms with E-state index >= 15 is 0 Å². The number of nitrogens with zero attached hydrogens (tertiary/aromatic N) is 1.